The van der Waals surface area contributed by atoms with Crippen molar-refractivity contribution in [3.63, 3.8) is 0 Å². The van der Waals surface area contributed by atoms with E-state index in [1.54, 1.807) is 18.2 Å². The molecule has 0 N–H and O–H groups in total. The highest BCUT2D eigenvalue weighted by atomic mass is 19.2. The van der Waals surface area contributed by atoms with Crippen LogP contribution in [-0.4, -0.2) is 0 Å². The predicted molar refractivity (Wildman–Crippen MR) is 147 cm³/mol. The molecule has 0 atom stereocenters. The Morgan fingerprint density at radius 3 is 1.54 bits per heavy atom. The van der Waals surface area contributed by atoms with Crippen molar-refractivity contribution >= 4 is 0 Å². The van der Waals surface area contributed by atoms with Gasteiger partial charge in [0.05, 0.1) is 0 Å². The first kappa shape index (κ1) is 28.0. The maximum Gasteiger partial charge on any atom is 0.194 e. The molecule has 0 aliphatic heterocycles. The van der Waals surface area contributed by atoms with Crippen LogP contribution in [0.25, 0.3) is 33.4 Å². The van der Waals surface area contributed by atoms with Crippen LogP contribution in [0.3, 0.4) is 0 Å². The summed E-state index contributed by atoms with van der Waals surface area (Å²) in [7, 11) is 0. The average Bonchev–Trinajstić information content (AvgIpc) is 2.96. The summed E-state index contributed by atoms with van der Waals surface area (Å²) in [5, 5.41) is 0. The summed E-state index contributed by atoms with van der Waals surface area (Å²) >= 11 is 0. The zero-order valence-corrected chi connectivity index (χ0v) is 22.0. The van der Waals surface area contributed by atoms with Gasteiger partial charge in [-0.2, -0.15) is 0 Å². The quantitative estimate of drug-likeness (QED) is 0.135. The summed E-state index contributed by atoms with van der Waals surface area (Å²) in [5.41, 5.74) is 3.81. The number of benzene rings is 5. The third kappa shape index (κ3) is 6.14. The van der Waals surface area contributed by atoms with E-state index in [9.17, 15) is 22.0 Å². The molecule has 0 aliphatic carbocycles. The number of rotatable bonds is 8. The van der Waals surface area contributed by atoms with Gasteiger partial charge in [-0.05, 0) is 75.7 Å². The smallest absolute Gasteiger partial charge is 0.194 e. The fraction of sp³-hybridized carbons (Fsp3) is 0.118. The summed E-state index contributed by atoms with van der Waals surface area (Å²) in [4.78, 5) is 0. The maximum atomic E-state index is 15.0. The van der Waals surface area contributed by atoms with Gasteiger partial charge in [0.1, 0.15) is 12.4 Å². The zero-order valence-electron chi connectivity index (χ0n) is 22.0. The molecule has 0 unspecified atom stereocenters. The molecule has 0 fully saturated rings. The molecule has 208 valence electrons. The number of halogens is 6. The van der Waals surface area contributed by atoms with Crippen LogP contribution in [0, 0.1) is 34.9 Å². The van der Waals surface area contributed by atoms with E-state index in [0.717, 1.165) is 42.7 Å². The number of hydrogen-bond acceptors (Lipinski definition) is 1. The first-order chi connectivity index (χ1) is 19.7. The summed E-state index contributed by atoms with van der Waals surface area (Å²) in [6.07, 6.45) is 1.98. The molecule has 5 aromatic carbocycles. The largest absolute Gasteiger partial charge is 0.483 e. The lowest BCUT2D eigenvalue weighted by atomic mass is 9.98. The lowest BCUT2D eigenvalue weighted by Crippen LogP contribution is -2.01. The Morgan fingerprint density at radius 2 is 0.976 bits per heavy atom. The van der Waals surface area contributed by atoms with Gasteiger partial charge in [-0.3, -0.25) is 0 Å². The summed E-state index contributed by atoms with van der Waals surface area (Å²) < 4.78 is 90.5. The van der Waals surface area contributed by atoms with Crippen LogP contribution >= 0.6 is 0 Å². The summed E-state index contributed by atoms with van der Waals surface area (Å²) in [5.74, 6) is -7.41. The number of hydrogen-bond donors (Lipinski definition) is 0. The maximum absolute atomic E-state index is 15.0. The van der Waals surface area contributed by atoms with Gasteiger partial charge in [0.25, 0.3) is 0 Å². The fourth-order valence-electron chi connectivity index (χ4n) is 4.61. The van der Waals surface area contributed by atoms with Crippen LogP contribution in [0.2, 0.25) is 0 Å². The van der Waals surface area contributed by atoms with E-state index in [4.69, 9.17) is 4.74 Å². The second-order valence-corrected chi connectivity index (χ2v) is 9.65. The SMILES string of the molecule is CCCc1ccc(-c2ccc(-c3cc(F)c(OCc4ccc(-c5cc(F)c(F)c(F)c5)cc4)c(F)c3)c(F)c2)cc1. The molecule has 0 aromatic heterocycles. The van der Waals surface area contributed by atoms with E-state index in [2.05, 4.69) is 6.92 Å². The van der Waals surface area contributed by atoms with Gasteiger partial charge in [-0.25, -0.2) is 26.3 Å². The molecular formula is C34H24F6O. The third-order valence-corrected chi connectivity index (χ3v) is 6.76. The van der Waals surface area contributed by atoms with Crippen LogP contribution in [0.1, 0.15) is 24.5 Å². The van der Waals surface area contributed by atoms with Gasteiger partial charge in [0, 0.05) is 5.56 Å². The van der Waals surface area contributed by atoms with Crippen molar-refractivity contribution in [2.45, 2.75) is 26.4 Å². The molecule has 7 heteroatoms. The second kappa shape index (κ2) is 11.9. The molecular weight excluding hydrogens is 538 g/mol. The van der Waals surface area contributed by atoms with Gasteiger partial charge in [0.2, 0.25) is 0 Å². The average molecular weight is 563 g/mol. The molecule has 1 nitrogen and oxygen atoms in total. The molecule has 0 aliphatic rings. The lowest BCUT2D eigenvalue weighted by molar-refractivity contribution is 0.274. The Hall–Kier alpha value is -4.52. The second-order valence-electron chi connectivity index (χ2n) is 9.65. The van der Waals surface area contributed by atoms with Crippen molar-refractivity contribution in [2.24, 2.45) is 0 Å². The lowest BCUT2D eigenvalue weighted by Gasteiger charge is -2.12. The Bertz CT molecular complexity index is 1650. The van der Waals surface area contributed by atoms with Crippen LogP contribution < -0.4 is 4.74 Å². The minimum atomic E-state index is -1.55. The van der Waals surface area contributed by atoms with E-state index in [0.29, 0.717) is 16.7 Å². The zero-order chi connectivity index (χ0) is 29.1. The van der Waals surface area contributed by atoms with Crippen LogP contribution in [0.15, 0.2) is 91.0 Å². The van der Waals surface area contributed by atoms with Gasteiger partial charge < -0.3 is 4.74 Å². The Morgan fingerprint density at radius 1 is 0.488 bits per heavy atom. The van der Waals surface area contributed by atoms with Crippen LogP contribution in [0.4, 0.5) is 26.3 Å². The Balaban J connectivity index is 1.30. The third-order valence-electron chi connectivity index (χ3n) is 6.76. The van der Waals surface area contributed by atoms with E-state index in [-0.39, 0.29) is 23.3 Å². The highest BCUT2D eigenvalue weighted by Crippen LogP contribution is 2.33. The van der Waals surface area contributed by atoms with Gasteiger partial charge in [-0.1, -0.05) is 74.0 Å². The van der Waals surface area contributed by atoms with Crippen molar-refractivity contribution in [2.75, 3.05) is 0 Å². The van der Waals surface area contributed by atoms with Crippen molar-refractivity contribution < 1.29 is 31.1 Å². The normalized spacial score (nSPS) is 11.1. The highest BCUT2D eigenvalue weighted by Gasteiger charge is 2.17. The van der Waals surface area contributed by atoms with Gasteiger partial charge in [-0.15, -0.1) is 0 Å². The van der Waals surface area contributed by atoms with Crippen molar-refractivity contribution in [1.29, 1.82) is 0 Å². The molecule has 0 bridgehead atoms. The molecule has 0 saturated heterocycles. The van der Waals surface area contributed by atoms with E-state index in [1.807, 2.05) is 24.3 Å². The molecule has 5 rings (SSSR count). The Kier molecular flexibility index (Phi) is 8.15. The summed E-state index contributed by atoms with van der Waals surface area (Å²) in [6, 6.07) is 22.3. The highest BCUT2D eigenvalue weighted by molar-refractivity contribution is 5.72. The van der Waals surface area contributed by atoms with Crippen molar-refractivity contribution in [1.82, 2.24) is 0 Å². The van der Waals surface area contributed by atoms with Crippen LogP contribution in [0.5, 0.6) is 5.75 Å². The standard InChI is InChI=1S/C34H24F6O/c1-2-3-20-4-8-22(9-5-20)24-12-13-27(28(35)14-24)26-17-31(38)34(32(39)18-26)41-19-21-6-10-23(11-7-21)25-15-29(36)33(40)30(37)16-25/h4-18H,2-3,19H2,1H3. The van der Waals surface area contributed by atoms with E-state index in [1.165, 1.54) is 29.8 Å². The molecule has 41 heavy (non-hydrogen) atoms. The predicted octanol–water partition coefficient (Wildman–Crippen LogP) is 10.1. The molecule has 0 saturated carbocycles. The van der Waals surface area contributed by atoms with Gasteiger partial charge >= 0.3 is 0 Å². The van der Waals surface area contributed by atoms with Gasteiger partial charge in [0.15, 0.2) is 34.8 Å². The monoisotopic (exact) mass is 562 g/mol. The fourth-order valence-corrected chi connectivity index (χ4v) is 4.61. The van der Waals surface area contributed by atoms with Crippen molar-refractivity contribution in [3.05, 3.63) is 137 Å². The Labute approximate surface area is 233 Å². The van der Waals surface area contributed by atoms with E-state index < -0.39 is 40.7 Å². The number of ether oxygens (including phenoxy) is 1. The summed E-state index contributed by atoms with van der Waals surface area (Å²) in [6.45, 7) is 1.89. The molecule has 5 aromatic rings. The first-order valence-electron chi connectivity index (χ1n) is 13.0. The molecule has 0 spiro atoms. The number of aryl methyl sites for hydroxylation is 1. The van der Waals surface area contributed by atoms with Crippen LogP contribution in [-0.2, 0) is 13.0 Å². The van der Waals surface area contributed by atoms with Crippen molar-refractivity contribution in [3.8, 4) is 39.1 Å². The molecule has 0 heterocycles. The van der Waals surface area contributed by atoms with E-state index >= 15 is 4.39 Å². The topological polar surface area (TPSA) is 9.23 Å². The molecule has 0 radical (unpaired) electrons. The first-order valence-corrected chi connectivity index (χ1v) is 13.0. The molecule has 0 amide bonds. The minimum Gasteiger partial charge on any atom is -0.483 e. The minimum absolute atomic E-state index is 0.0257.